The smallest absolute Gasteiger partial charge is 0.338 e. The molecule has 7 heteroatoms. The van der Waals surface area contributed by atoms with Gasteiger partial charge in [-0.05, 0) is 49.7 Å². The minimum atomic E-state index is -0.817. The molecule has 0 bridgehead atoms. The normalized spacial score (nSPS) is 15.3. The second-order valence-corrected chi connectivity index (χ2v) is 7.83. The van der Waals surface area contributed by atoms with E-state index in [-0.39, 0.29) is 12.0 Å². The Balaban J connectivity index is 1.71. The molecule has 2 aromatic rings. The van der Waals surface area contributed by atoms with Gasteiger partial charge in [0.15, 0.2) is 5.43 Å². The van der Waals surface area contributed by atoms with Crippen molar-refractivity contribution < 1.29 is 28.2 Å². The Morgan fingerprint density at radius 2 is 1.82 bits per heavy atom. The molecule has 0 amide bonds. The molecule has 0 N–H and O–H groups in total. The monoisotopic (exact) mass is 456 g/mol. The highest BCUT2D eigenvalue weighted by Gasteiger charge is 2.26. The lowest BCUT2D eigenvalue weighted by Gasteiger charge is -2.18. The fraction of sp³-hybridized carbons (Fsp3) is 0.148. The van der Waals surface area contributed by atoms with Crippen molar-refractivity contribution in [1.82, 2.24) is 0 Å². The fourth-order valence-corrected chi connectivity index (χ4v) is 4.03. The zero-order chi connectivity index (χ0) is 23.8. The first-order valence-corrected chi connectivity index (χ1v) is 10.8. The van der Waals surface area contributed by atoms with Gasteiger partial charge in [-0.2, -0.15) is 0 Å². The number of carbonyl (C=O) groups is 2. The Labute approximate surface area is 194 Å². The van der Waals surface area contributed by atoms with E-state index in [0.717, 1.165) is 5.56 Å². The third kappa shape index (κ3) is 3.81. The van der Waals surface area contributed by atoms with E-state index in [4.69, 9.17) is 18.6 Å². The molecule has 0 spiro atoms. The standard InChI is InChI=1S/C27H20O7/c1-3-31-26(30)19-7-5-4-6-18(19)25-20-10-8-16(28)13-22(20)33-23-14-17(9-11-21(23)25)32-27-15(2)12-24(29)34-27/h4-14,27H,3H2,1-2H3. The molecule has 1 aliphatic carbocycles. The zero-order valence-electron chi connectivity index (χ0n) is 18.5. The van der Waals surface area contributed by atoms with Crippen molar-refractivity contribution in [2.24, 2.45) is 0 Å². The number of ether oxygens (including phenoxy) is 3. The Morgan fingerprint density at radius 3 is 2.59 bits per heavy atom. The molecular formula is C27H20O7. The second kappa shape index (κ2) is 8.51. The molecule has 170 valence electrons. The lowest BCUT2D eigenvalue weighted by atomic mass is 9.91. The molecular weight excluding hydrogens is 436 g/mol. The SMILES string of the molecule is CCOC(=O)c1ccccc1-c1c2ccc(=O)cc-2oc2cc(OC3OC(=O)C=C3C)ccc12. The number of hydrogen-bond acceptors (Lipinski definition) is 7. The lowest BCUT2D eigenvalue weighted by molar-refractivity contribution is -0.148. The van der Waals surface area contributed by atoms with Crippen LogP contribution < -0.4 is 10.2 Å². The van der Waals surface area contributed by atoms with Crippen LogP contribution in [0.15, 0.2) is 81.5 Å². The van der Waals surface area contributed by atoms with Crippen LogP contribution in [-0.2, 0) is 14.3 Å². The van der Waals surface area contributed by atoms with Crippen molar-refractivity contribution >= 4 is 22.9 Å². The summed E-state index contributed by atoms with van der Waals surface area (Å²) in [6.07, 6.45) is 0.562. The molecule has 3 aliphatic rings. The van der Waals surface area contributed by atoms with Gasteiger partial charge in [-0.1, -0.05) is 18.2 Å². The van der Waals surface area contributed by atoms with Crippen molar-refractivity contribution in [3.8, 4) is 28.2 Å². The van der Waals surface area contributed by atoms with Crippen LogP contribution in [0.4, 0.5) is 0 Å². The molecule has 5 rings (SSSR count). The molecule has 1 unspecified atom stereocenters. The van der Waals surface area contributed by atoms with Gasteiger partial charge >= 0.3 is 11.9 Å². The average Bonchev–Trinajstić information content (AvgIpc) is 3.13. The van der Waals surface area contributed by atoms with Gasteiger partial charge in [-0.15, -0.1) is 0 Å². The summed E-state index contributed by atoms with van der Waals surface area (Å²) in [7, 11) is 0. The Bertz CT molecular complexity index is 1490. The summed E-state index contributed by atoms with van der Waals surface area (Å²) in [4.78, 5) is 36.3. The molecule has 34 heavy (non-hydrogen) atoms. The van der Waals surface area contributed by atoms with Crippen LogP contribution in [0.2, 0.25) is 0 Å². The summed E-state index contributed by atoms with van der Waals surface area (Å²) >= 11 is 0. The van der Waals surface area contributed by atoms with E-state index >= 15 is 0 Å². The van der Waals surface area contributed by atoms with Crippen molar-refractivity contribution in [2.75, 3.05) is 6.61 Å². The summed E-state index contributed by atoms with van der Waals surface area (Å²) in [6, 6.07) is 16.9. The fourth-order valence-electron chi connectivity index (χ4n) is 4.03. The maximum Gasteiger partial charge on any atom is 0.338 e. The molecule has 2 heterocycles. The predicted octanol–water partition coefficient (Wildman–Crippen LogP) is 4.95. The van der Waals surface area contributed by atoms with Gasteiger partial charge in [0, 0.05) is 40.3 Å². The minimum Gasteiger partial charge on any atom is -0.462 e. The summed E-state index contributed by atoms with van der Waals surface area (Å²) < 4.78 is 22.3. The maximum atomic E-state index is 12.7. The average molecular weight is 456 g/mol. The minimum absolute atomic E-state index is 0.203. The first-order valence-electron chi connectivity index (χ1n) is 10.8. The van der Waals surface area contributed by atoms with Crippen LogP contribution >= 0.6 is 0 Å². The van der Waals surface area contributed by atoms with E-state index in [9.17, 15) is 14.4 Å². The summed E-state index contributed by atoms with van der Waals surface area (Å²) in [5, 5.41) is 0.714. The summed E-state index contributed by atoms with van der Waals surface area (Å²) in [6.45, 7) is 3.75. The third-order valence-electron chi connectivity index (χ3n) is 5.54. The van der Waals surface area contributed by atoms with Gasteiger partial charge in [0.05, 0.1) is 12.2 Å². The molecule has 7 nitrogen and oxygen atoms in total. The van der Waals surface area contributed by atoms with E-state index in [0.29, 0.717) is 44.7 Å². The molecule has 0 fully saturated rings. The van der Waals surface area contributed by atoms with E-state index in [2.05, 4.69) is 0 Å². The van der Waals surface area contributed by atoms with E-state index in [1.54, 1.807) is 44.2 Å². The quantitative estimate of drug-likeness (QED) is 0.310. The molecule has 2 aliphatic heterocycles. The van der Waals surface area contributed by atoms with Gasteiger partial charge in [-0.25, -0.2) is 9.59 Å². The summed E-state index contributed by atoms with van der Waals surface area (Å²) in [5.74, 6) is -0.106. The van der Waals surface area contributed by atoms with Crippen molar-refractivity contribution in [1.29, 1.82) is 0 Å². The number of rotatable bonds is 5. The van der Waals surface area contributed by atoms with E-state index in [1.165, 1.54) is 18.2 Å². The lowest BCUT2D eigenvalue weighted by Crippen LogP contribution is -2.18. The number of esters is 2. The highest BCUT2D eigenvalue weighted by molar-refractivity contribution is 6.07. The van der Waals surface area contributed by atoms with Gasteiger partial charge in [0.25, 0.3) is 6.29 Å². The number of carbonyl (C=O) groups excluding carboxylic acids is 2. The van der Waals surface area contributed by atoms with E-state index in [1.807, 2.05) is 18.2 Å². The predicted molar refractivity (Wildman–Crippen MR) is 125 cm³/mol. The Hall–Kier alpha value is -4.39. The number of cyclic esters (lactones) is 1. The topological polar surface area (TPSA) is 92.0 Å². The van der Waals surface area contributed by atoms with Crippen molar-refractivity contribution in [2.45, 2.75) is 20.1 Å². The molecule has 0 aromatic heterocycles. The van der Waals surface area contributed by atoms with Crippen molar-refractivity contribution in [3.63, 3.8) is 0 Å². The van der Waals surface area contributed by atoms with Crippen LogP contribution in [0.5, 0.6) is 5.75 Å². The highest BCUT2D eigenvalue weighted by Crippen LogP contribution is 2.42. The molecule has 2 aromatic carbocycles. The van der Waals surface area contributed by atoms with Crippen LogP contribution in [0.1, 0.15) is 24.2 Å². The number of benzene rings is 3. The molecule has 0 saturated heterocycles. The Kier molecular flexibility index (Phi) is 5.37. The third-order valence-corrected chi connectivity index (χ3v) is 5.54. The second-order valence-electron chi connectivity index (χ2n) is 7.83. The first kappa shape index (κ1) is 21.5. The largest absolute Gasteiger partial charge is 0.462 e. The van der Waals surface area contributed by atoms with Crippen LogP contribution in [0.25, 0.3) is 33.4 Å². The van der Waals surface area contributed by atoms with Crippen molar-refractivity contribution in [3.05, 3.63) is 88.1 Å². The van der Waals surface area contributed by atoms with Crippen LogP contribution in [-0.4, -0.2) is 24.8 Å². The Morgan fingerprint density at radius 1 is 1.00 bits per heavy atom. The van der Waals surface area contributed by atoms with Gasteiger partial charge < -0.3 is 18.6 Å². The highest BCUT2D eigenvalue weighted by atomic mass is 16.7. The van der Waals surface area contributed by atoms with E-state index < -0.39 is 18.2 Å². The maximum absolute atomic E-state index is 12.7. The summed E-state index contributed by atoms with van der Waals surface area (Å²) in [5.41, 5.74) is 3.36. The molecule has 1 atom stereocenters. The first-order chi connectivity index (χ1) is 16.4. The van der Waals surface area contributed by atoms with Gasteiger partial charge in [0.1, 0.15) is 17.1 Å². The number of fused-ring (bicyclic) bond motifs is 2. The molecule has 0 radical (unpaired) electrons. The van der Waals surface area contributed by atoms with Crippen LogP contribution in [0, 0.1) is 0 Å². The molecule has 0 saturated carbocycles. The van der Waals surface area contributed by atoms with Gasteiger partial charge in [-0.3, -0.25) is 4.79 Å². The zero-order valence-corrected chi connectivity index (χ0v) is 18.5. The van der Waals surface area contributed by atoms with Gasteiger partial charge in [0.2, 0.25) is 0 Å². The number of hydrogen-bond donors (Lipinski definition) is 0. The van der Waals surface area contributed by atoms with Crippen LogP contribution in [0.3, 0.4) is 0 Å².